The van der Waals surface area contributed by atoms with Gasteiger partial charge in [0.2, 0.25) is 0 Å². The molecule has 0 unspecified atom stereocenters. The van der Waals surface area contributed by atoms with E-state index in [0.29, 0.717) is 0 Å². The monoisotopic (exact) mass is 277 g/mol. The molecule has 0 aliphatic carbocycles. The van der Waals surface area contributed by atoms with Crippen LogP contribution in [0.1, 0.15) is 11.3 Å². The molecule has 1 aromatic carbocycles. The first-order valence-corrected chi connectivity index (χ1v) is 5.79. The second-order valence-electron chi connectivity index (χ2n) is 3.81. The van der Waals surface area contributed by atoms with Crippen LogP contribution in [0.15, 0.2) is 34.9 Å². The normalized spacial score (nSPS) is 10.4. The molecule has 1 heterocycles. The van der Waals surface area contributed by atoms with Gasteiger partial charge in [0.1, 0.15) is 5.75 Å². The van der Waals surface area contributed by atoms with Crippen molar-refractivity contribution in [3.8, 4) is 16.9 Å². The number of phenols is 1. The van der Waals surface area contributed by atoms with Crippen molar-refractivity contribution in [3.63, 3.8) is 0 Å². The fourth-order valence-corrected chi connectivity index (χ4v) is 1.98. The van der Waals surface area contributed by atoms with Crippen LogP contribution in [0.5, 0.6) is 5.75 Å². The van der Waals surface area contributed by atoms with E-state index in [-0.39, 0.29) is 5.75 Å². The fraction of sp³-hybridized carbons (Fsp3) is 0.154. The van der Waals surface area contributed by atoms with Gasteiger partial charge >= 0.3 is 0 Å². The molecule has 16 heavy (non-hydrogen) atoms. The number of phenolic OH excluding ortho intramolecular Hbond substituents is 1. The Labute approximate surface area is 103 Å². The Morgan fingerprint density at radius 1 is 1.12 bits per heavy atom. The Kier molecular flexibility index (Phi) is 2.97. The molecule has 0 aliphatic heterocycles. The summed E-state index contributed by atoms with van der Waals surface area (Å²) < 4.78 is 0.911. The molecule has 2 aromatic rings. The highest BCUT2D eigenvalue weighted by Gasteiger charge is 2.08. The van der Waals surface area contributed by atoms with Crippen molar-refractivity contribution < 1.29 is 5.11 Å². The number of aromatic hydroxyl groups is 1. The summed E-state index contributed by atoms with van der Waals surface area (Å²) in [6.45, 7) is 3.94. The molecule has 2 rings (SSSR count). The summed E-state index contributed by atoms with van der Waals surface area (Å²) in [5, 5.41) is 9.86. The Balaban J connectivity index is 2.66. The number of aryl methyl sites for hydroxylation is 2. The van der Waals surface area contributed by atoms with Gasteiger partial charge in [-0.05, 0) is 48.0 Å². The van der Waals surface area contributed by atoms with Crippen molar-refractivity contribution in [2.45, 2.75) is 13.8 Å². The number of nitrogens with zero attached hydrogens (tertiary/aromatic N) is 1. The quantitative estimate of drug-likeness (QED) is 0.859. The molecular weight excluding hydrogens is 266 g/mol. The van der Waals surface area contributed by atoms with Crippen LogP contribution in [-0.2, 0) is 0 Å². The molecule has 0 spiro atoms. The minimum Gasteiger partial charge on any atom is -0.507 e. The molecule has 0 saturated carbocycles. The van der Waals surface area contributed by atoms with Crippen molar-refractivity contribution in [2.24, 2.45) is 0 Å². The predicted molar refractivity (Wildman–Crippen MR) is 68.5 cm³/mol. The van der Waals surface area contributed by atoms with Crippen molar-refractivity contribution in [1.29, 1.82) is 0 Å². The van der Waals surface area contributed by atoms with Crippen molar-refractivity contribution in [2.75, 3.05) is 0 Å². The van der Waals surface area contributed by atoms with E-state index in [4.69, 9.17) is 0 Å². The topological polar surface area (TPSA) is 33.1 Å². The maximum absolute atomic E-state index is 9.86. The Morgan fingerprint density at radius 2 is 1.88 bits per heavy atom. The van der Waals surface area contributed by atoms with Crippen molar-refractivity contribution in [3.05, 3.63) is 46.2 Å². The van der Waals surface area contributed by atoms with Gasteiger partial charge in [-0.25, -0.2) is 0 Å². The first-order valence-electron chi connectivity index (χ1n) is 5.00. The van der Waals surface area contributed by atoms with Gasteiger partial charge < -0.3 is 5.11 Å². The lowest BCUT2D eigenvalue weighted by molar-refractivity contribution is 0.477. The average Bonchev–Trinajstić information content (AvgIpc) is 2.25. The number of hydrogen-bond donors (Lipinski definition) is 1. The lowest BCUT2D eigenvalue weighted by Crippen LogP contribution is -1.89. The van der Waals surface area contributed by atoms with Crippen LogP contribution >= 0.6 is 15.9 Å². The zero-order chi connectivity index (χ0) is 11.7. The third kappa shape index (κ3) is 2.09. The van der Waals surface area contributed by atoms with E-state index in [1.807, 2.05) is 32.0 Å². The van der Waals surface area contributed by atoms with Gasteiger partial charge in [0, 0.05) is 27.5 Å². The summed E-state index contributed by atoms with van der Waals surface area (Å²) in [6, 6.07) is 7.53. The van der Waals surface area contributed by atoms with Gasteiger partial charge in [-0.2, -0.15) is 0 Å². The minimum atomic E-state index is 0.286. The molecule has 1 N–H and O–H groups in total. The Hall–Kier alpha value is -1.35. The minimum absolute atomic E-state index is 0.286. The lowest BCUT2D eigenvalue weighted by atomic mass is 10.0. The first kappa shape index (κ1) is 11.1. The number of hydrogen-bond acceptors (Lipinski definition) is 2. The van der Waals surface area contributed by atoms with E-state index in [1.165, 1.54) is 0 Å². The van der Waals surface area contributed by atoms with Gasteiger partial charge in [-0.3, -0.25) is 4.98 Å². The second-order valence-corrected chi connectivity index (χ2v) is 4.72. The highest BCUT2D eigenvalue weighted by atomic mass is 79.9. The number of halogens is 1. The molecule has 0 atom stereocenters. The van der Waals surface area contributed by atoms with Crippen LogP contribution in [0, 0.1) is 13.8 Å². The summed E-state index contributed by atoms with van der Waals surface area (Å²) >= 11 is 3.39. The Morgan fingerprint density at radius 3 is 2.62 bits per heavy atom. The molecule has 0 saturated heterocycles. The zero-order valence-electron chi connectivity index (χ0n) is 9.16. The smallest absolute Gasteiger partial charge is 0.123 e. The van der Waals surface area contributed by atoms with Crippen molar-refractivity contribution in [1.82, 2.24) is 4.98 Å². The SMILES string of the molecule is Cc1ccc(O)c(-c2cc(Br)cnc2C)c1. The first-order chi connectivity index (χ1) is 7.58. The molecule has 0 fully saturated rings. The van der Waals surface area contributed by atoms with Gasteiger partial charge in [0.05, 0.1) is 0 Å². The predicted octanol–water partition coefficient (Wildman–Crippen LogP) is 3.83. The average molecular weight is 278 g/mol. The van der Waals surface area contributed by atoms with Gasteiger partial charge in [-0.1, -0.05) is 11.6 Å². The van der Waals surface area contributed by atoms with E-state index < -0.39 is 0 Å². The highest BCUT2D eigenvalue weighted by Crippen LogP contribution is 2.32. The van der Waals surface area contributed by atoms with Crippen LogP contribution in [0.2, 0.25) is 0 Å². The van der Waals surface area contributed by atoms with E-state index in [1.54, 1.807) is 12.3 Å². The van der Waals surface area contributed by atoms with Crippen LogP contribution in [0.25, 0.3) is 11.1 Å². The number of pyridine rings is 1. The molecule has 0 amide bonds. The second kappa shape index (κ2) is 4.26. The third-order valence-electron chi connectivity index (χ3n) is 2.50. The van der Waals surface area contributed by atoms with Gasteiger partial charge in [-0.15, -0.1) is 0 Å². The van der Waals surface area contributed by atoms with Gasteiger partial charge in [0.25, 0.3) is 0 Å². The maximum Gasteiger partial charge on any atom is 0.123 e. The molecule has 0 radical (unpaired) electrons. The van der Waals surface area contributed by atoms with Crippen LogP contribution in [-0.4, -0.2) is 10.1 Å². The third-order valence-corrected chi connectivity index (χ3v) is 2.93. The van der Waals surface area contributed by atoms with Crippen LogP contribution in [0.3, 0.4) is 0 Å². The zero-order valence-corrected chi connectivity index (χ0v) is 10.7. The molecule has 2 nitrogen and oxygen atoms in total. The summed E-state index contributed by atoms with van der Waals surface area (Å²) in [5.74, 6) is 0.286. The molecule has 82 valence electrons. The standard InChI is InChI=1S/C13H12BrNO/c1-8-3-4-13(16)12(5-8)11-6-10(14)7-15-9(11)2/h3-7,16H,1-2H3. The Bertz CT molecular complexity index is 488. The van der Waals surface area contributed by atoms with E-state index in [9.17, 15) is 5.11 Å². The maximum atomic E-state index is 9.86. The van der Waals surface area contributed by atoms with E-state index >= 15 is 0 Å². The van der Waals surface area contributed by atoms with Crippen LogP contribution in [0.4, 0.5) is 0 Å². The lowest BCUT2D eigenvalue weighted by Gasteiger charge is -2.09. The molecule has 0 aliphatic rings. The number of aromatic nitrogens is 1. The number of rotatable bonds is 1. The summed E-state index contributed by atoms with van der Waals surface area (Å²) in [7, 11) is 0. The fourth-order valence-electron chi connectivity index (χ4n) is 1.65. The highest BCUT2D eigenvalue weighted by molar-refractivity contribution is 9.10. The molecule has 1 aromatic heterocycles. The summed E-state index contributed by atoms with van der Waals surface area (Å²) in [4.78, 5) is 4.27. The molecular formula is C13H12BrNO. The number of benzene rings is 1. The summed E-state index contributed by atoms with van der Waals surface area (Å²) in [5.41, 5.74) is 3.80. The molecule has 3 heteroatoms. The van der Waals surface area contributed by atoms with E-state index in [0.717, 1.165) is 26.9 Å². The molecule has 0 bridgehead atoms. The summed E-state index contributed by atoms with van der Waals surface area (Å²) in [6.07, 6.45) is 1.76. The van der Waals surface area contributed by atoms with Crippen molar-refractivity contribution >= 4 is 15.9 Å². The van der Waals surface area contributed by atoms with E-state index in [2.05, 4.69) is 20.9 Å². The van der Waals surface area contributed by atoms with Crippen LogP contribution < -0.4 is 0 Å². The van der Waals surface area contributed by atoms with Gasteiger partial charge in [0.15, 0.2) is 0 Å². The largest absolute Gasteiger partial charge is 0.507 e.